The van der Waals surface area contributed by atoms with Gasteiger partial charge in [0.05, 0.1) is 22.6 Å². The van der Waals surface area contributed by atoms with Gasteiger partial charge in [-0.2, -0.15) is 10.2 Å². The van der Waals surface area contributed by atoms with E-state index in [-0.39, 0.29) is 11.3 Å². The largest absolute Gasteiger partial charge is 0.337 e. The van der Waals surface area contributed by atoms with Crippen LogP contribution in [-0.4, -0.2) is 37.4 Å². The Kier molecular flexibility index (Phi) is 5.39. The van der Waals surface area contributed by atoms with Crippen molar-refractivity contribution >= 4 is 5.91 Å². The summed E-state index contributed by atoms with van der Waals surface area (Å²) >= 11 is 0. The number of hydrogen-bond donors (Lipinski definition) is 0. The monoisotopic (exact) mass is 471 g/mol. The van der Waals surface area contributed by atoms with Gasteiger partial charge in [-0.1, -0.05) is 18.2 Å². The van der Waals surface area contributed by atoms with Crippen LogP contribution in [-0.2, 0) is 18.5 Å². The number of carbonyl (C=O) groups is 1. The molecule has 0 N–H and O–H groups in total. The first-order valence-electron chi connectivity index (χ1n) is 13.3. The highest BCUT2D eigenvalue weighted by atomic mass is 16.2. The SMILES string of the molecule is CCn1nc(C)c(CN(C)C(=O)c2cn(-c3ccccc3)nc2C23CC4CC(CC(C4)C2)C3)c1C. The molecule has 4 aliphatic rings. The molecule has 4 fully saturated rings. The number of benzene rings is 1. The van der Waals surface area contributed by atoms with E-state index in [1.165, 1.54) is 38.5 Å². The Hall–Kier alpha value is -2.89. The predicted molar refractivity (Wildman–Crippen MR) is 137 cm³/mol. The number of aryl methyl sites for hydroxylation is 2. The molecule has 7 rings (SSSR count). The maximum absolute atomic E-state index is 14.1. The maximum Gasteiger partial charge on any atom is 0.257 e. The lowest BCUT2D eigenvalue weighted by atomic mass is 9.48. The van der Waals surface area contributed by atoms with Gasteiger partial charge in [0.15, 0.2) is 0 Å². The number of nitrogens with zero attached hydrogens (tertiary/aromatic N) is 5. The average molecular weight is 472 g/mol. The molecule has 4 bridgehead atoms. The molecule has 6 heteroatoms. The Morgan fingerprint density at radius 2 is 1.66 bits per heavy atom. The Morgan fingerprint density at radius 1 is 1.03 bits per heavy atom. The van der Waals surface area contributed by atoms with Gasteiger partial charge in [0.25, 0.3) is 5.91 Å². The molecule has 2 aromatic heterocycles. The topological polar surface area (TPSA) is 56.0 Å². The molecule has 1 aromatic carbocycles. The molecule has 4 aliphatic carbocycles. The zero-order chi connectivity index (χ0) is 24.3. The Bertz CT molecular complexity index is 1220. The molecule has 0 spiro atoms. The summed E-state index contributed by atoms with van der Waals surface area (Å²) in [6, 6.07) is 10.2. The van der Waals surface area contributed by atoms with E-state index in [9.17, 15) is 4.79 Å². The summed E-state index contributed by atoms with van der Waals surface area (Å²) in [5.41, 5.74) is 6.20. The fraction of sp³-hybridized carbons (Fsp3) is 0.552. The summed E-state index contributed by atoms with van der Waals surface area (Å²) in [6.07, 6.45) is 9.70. The van der Waals surface area contributed by atoms with Crippen molar-refractivity contribution in [2.45, 2.75) is 77.8 Å². The molecular weight excluding hydrogens is 434 g/mol. The second-order valence-electron chi connectivity index (χ2n) is 11.5. The van der Waals surface area contributed by atoms with Crippen LogP contribution in [0.25, 0.3) is 5.69 Å². The number of para-hydroxylation sites is 1. The van der Waals surface area contributed by atoms with Crippen molar-refractivity contribution in [3.8, 4) is 5.69 Å². The van der Waals surface area contributed by atoms with Crippen LogP contribution in [0.3, 0.4) is 0 Å². The summed E-state index contributed by atoms with van der Waals surface area (Å²) in [6.45, 7) is 7.65. The Morgan fingerprint density at radius 3 is 2.23 bits per heavy atom. The molecule has 0 unspecified atom stereocenters. The van der Waals surface area contributed by atoms with Crippen LogP contribution < -0.4 is 0 Å². The van der Waals surface area contributed by atoms with Gasteiger partial charge >= 0.3 is 0 Å². The highest BCUT2D eigenvalue weighted by Gasteiger charge is 2.54. The molecule has 0 atom stereocenters. The summed E-state index contributed by atoms with van der Waals surface area (Å²) in [5.74, 6) is 2.47. The van der Waals surface area contributed by atoms with Crippen LogP contribution in [0.5, 0.6) is 0 Å². The number of aromatic nitrogens is 4. The fourth-order valence-electron chi connectivity index (χ4n) is 7.82. The minimum absolute atomic E-state index is 0.0551. The highest BCUT2D eigenvalue weighted by Crippen LogP contribution is 2.61. The molecule has 3 aromatic rings. The fourth-order valence-corrected chi connectivity index (χ4v) is 7.82. The molecule has 0 aliphatic heterocycles. The van der Waals surface area contributed by atoms with Gasteiger partial charge in [-0.3, -0.25) is 9.48 Å². The van der Waals surface area contributed by atoms with Crippen molar-refractivity contribution in [1.82, 2.24) is 24.5 Å². The van der Waals surface area contributed by atoms with Crippen LogP contribution in [0.1, 0.15) is 78.5 Å². The van der Waals surface area contributed by atoms with Gasteiger partial charge < -0.3 is 4.90 Å². The van der Waals surface area contributed by atoms with Crippen molar-refractivity contribution in [2.24, 2.45) is 17.8 Å². The predicted octanol–water partition coefficient (Wildman–Crippen LogP) is 5.45. The number of hydrogen-bond acceptors (Lipinski definition) is 3. The number of carbonyl (C=O) groups excluding carboxylic acids is 1. The van der Waals surface area contributed by atoms with Gasteiger partial charge in [-0.15, -0.1) is 0 Å². The van der Waals surface area contributed by atoms with Crippen molar-refractivity contribution in [3.63, 3.8) is 0 Å². The standard InChI is InChI=1S/C29H37N5O/c1-5-33-20(3)25(19(2)30-33)17-32(4)28(35)26-18-34(24-9-7-6-8-10-24)31-27(26)29-14-21-11-22(15-29)13-23(12-21)16-29/h6-10,18,21-23H,5,11-17H2,1-4H3. The third kappa shape index (κ3) is 3.73. The summed E-state index contributed by atoms with van der Waals surface area (Å²) < 4.78 is 3.97. The van der Waals surface area contributed by atoms with Gasteiger partial charge in [0.2, 0.25) is 0 Å². The average Bonchev–Trinajstić information content (AvgIpc) is 3.41. The van der Waals surface area contributed by atoms with E-state index in [0.29, 0.717) is 6.54 Å². The molecule has 35 heavy (non-hydrogen) atoms. The lowest BCUT2D eigenvalue weighted by Gasteiger charge is -2.56. The minimum Gasteiger partial charge on any atom is -0.337 e. The molecule has 6 nitrogen and oxygen atoms in total. The molecular formula is C29H37N5O. The lowest BCUT2D eigenvalue weighted by molar-refractivity contribution is -0.00783. The Labute approximate surface area is 208 Å². The van der Waals surface area contributed by atoms with Crippen LogP contribution in [0, 0.1) is 31.6 Å². The molecule has 2 heterocycles. The first-order chi connectivity index (χ1) is 16.9. The highest BCUT2D eigenvalue weighted by molar-refractivity contribution is 5.95. The Balaban J connectivity index is 1.38. The van der Waals surface area contributed by atoms with Gasteiger partial charge in [-0.25, -0.2) is 4.68 Å². The smallest absolute Gasteiger partial charge is 0.257 e. The van der Waals surface area contributed by atoms with Gasteiger partial charge in [0, 0.05) is 43.0 Å². The minimum atomic E-state index is 0.0551. The molecule has 1 amide bonds. The van der Waals surface area contributed by atoms with Crippen molar-refractivity contribution in [2.75, 3.05) is 7.05 Å². The van der Waals surface area contributed by atoms with Gasteiger partial charge in [0.1, 0.15) is 0 Å². The molecule has 4 saturated carbocycles. The van der Waals surface area contributed by atoms with Crippen LogP contribution >= 0.6 is 0 Å². The van der Waals surface area contributed by atoms with Crippen LogP contribution in [0.15, 0.2) is 36.5 Å². The van der Waals surface area contributed by atoms with Crippen LogP contribution in [0.2, 0.25) is 0 Å². The maximum atomic E-state index is 14.1. The zero-order valence-corrected chi connectivity index (χ0v) is 21.5. The summed E-state index contributed by atoms with van der Waals surface area (Å²) in [4.78, 5) is 15.9. The van der Waals surface area contributed by atoms with E-state index in [1.54, 1.807) is 0 Å². The first kappa shape index (κ1) is 22.6. The van der Waals surface area contributed by atoms with Crippen molar-refractivity contribution < 1.29 is 4.79 Å². The first-order valence-corrected chi connectivity index (χ1v) is 13.3. The quantitative estimate of drug-likeness (QED) is 0.481. The second-order valence-corrected chi connectivity index (χ2v) is 11.5. The van der Waals surface area contributed by atoms with Gasteiger partial charge in [-0.05, 0) is 89.2 Å². The van der Waals surface area contributed by atoms with E-state index >= 15 is 0 Å². The summed E-state index contributed by atoms with van der Waals surface area (Å²) in [5, 5.41) is 9.85. The zero-order valence-electron chi connectivity index (χ0n) is 21.5. The number of amides is 1. The molecule has 184 valence electrons. The van der Waals surface area contributed by atoms with Crippen molar-refractivity contribution in [3.05, 3.63) is 64.7 Å². The van der Waals surface area contributed by atoms with E-state index in [0.717, 1.165) is 58.2 Å². The second kappa shape index (κ2) is 8.35. The molecule has 0 radical (unpaired) electrons. The normalized spacial score (nSPS) is 26.9. The summed E-state index contributed by atoms with van der Waals surface area (Å²) in [7, 11) is 1.92. The third-order valence-corrected chi connectivity index (χ3v) is 9.08. The van der Waals surface area contributed by atoms with E-state index in [2.05, 4.69) is 31.1 Å². The van der Waals surface area contributed by atoms with E-state index in [4.69, 9.17) is 5.10 Å². The number of rotatable bonds is 6. The molecule has 0 saturated heterocycles. The van der Waals surface area contributed by atoms with E-state index in [1.807, 2.05) is 52.6 Å². The lowest BCUT2D eigenvalue weighted by Crippen LogP contribution is -2.49. The van der Waals surface area contributed by atoms with E-state index < -0.39 is 0 Å². The van der Waals surface area contributed by atoms with Crippen LogP contribution in [0.4, 0.5) is 0 Å². The third-order valence-electron chi connectivity index (χ3n) is 9.08. The van der Waals surface area contributed by atoms with Crippen molar-refractivity contribution in [1.29, 1.82) is 0 Å².